The van der Waals surface area contributed by atoms with Crippen LogP contribution in [0.1, 0.15) is 18.5 Å². The molecular weight excluding hydrogens is 366 g/mol. The zero-order valence-electron chi connectivity index (χ0n) is 12.2. The van der Waals surface area contributed by atoms with E-state index in [0.717, 1.165) is 30.3 Å². The largest absolute Gasteiger partial charge is 0.289 e. The Morgan fingerprint density at radius 2 is 1.88 bits per heavy atom. The molecule has 10 heteroatoms. The molecule has 0 saturated heterocycles. The van der Waals surface area contributed by atoms with E-state index in [0.29, 0.717) is 6.07 Å². The Morgan fingerprint density at radius 3 is 2.46 bits per heavy atom. The van der Waals surface area contributed by atoms with Gasteiger partial charge in [-0.1, -0.05) is 17.7 Å². The first-order chi connectivity index (χ1) is 11.1. The highest BCUT2D eigenvalue weighted by molar-refractivity contribution is 7.89. The second-order valence-electron chi connectivity index (χ2n) is 4.88. The van der Waals surface area contributed by atoms with Gasteiger partial charge in [-0.2, -0.15) is 0 Å². The maximum absolute atomic E-state index is 13.7. The lowest BCUT2D eigenvalue weighted by Crippen LogP contribution is -2.27. The Labute approximate surface area is 141 Å². The number of sulfonamides is 1. The Morgan fingerprint density at radius 1 is 1.21 bits per heavy atom. The smallest absolute Gasteiger partial charge is 0.258 e. The highest BCUT2D eigenvalue weighted by atomic mass is 35.5. The SMILES string of the molecule is C[C@H](NS(=O)(=O)c1ccc(Cl)c([N+](=O)[O-])c1)c1ccc(F)cc1F. The van der Waals surface area contributed by atoms with Gasteiger partial charge in [-0.15, -0.1) is 0 Å². The lowest BCUT2D eigenvalue weighted by atomic mass is 10.1. The third-order valence-electron chi connectivity index (χ3n) is 3.19. The Hall–Kier alpha value is -2.10. The summed E-state index contributed by atoms with van der Waals surface area (Å²) in [5, 5.41) is 10.6. The fourth-order valence-electron chi connectivity index (χ4n) is 2.02. The molecule has 0 fully saturated rings. The summed E-state index contributed by atoms with van der Waals surface area (Å²) in [7, 11) is -4.18. The predicted molar refractivity (Wildman–Crippen MR) is 83.2 cm³/mol. The number of nitrogens with zero attached hydrogens (tertiary/aromatic N) is 1. The van der Waals surface area contributed by atoms with E-state index in [-0.39, 0.29) is 10.6 Å². The predicted octanol–water partition coefficient (Wildman–Crippen LogP) is 3.57. The van der Waals surface area contributed by atoms with Gasteiger partial charge in [-0.05, 0) is 25.1 Å². The molecule has 24 heavy (non-hydrogen) atoms. The fraction of sp³-hybridized carbons (Fsp3) is 0.143. The molecule has 1 N–H and O–H groups in total. The van der Waals surface area contributed by atoms with Gasteiger partial charge in [0.15, 0.2) is 0 Å². The molecule has 2 aromatic rings. The van der Waals surface area contributed by atoms with Gasteiger partial charge in [-0.3, -0.25) is 10.1 Å². The van der Waals surface area contributed by atoms with Crippen LogP contribution in [-0.2, 0) is 10.0 Å². The zero-order chi connectivity index (χ0) is 18.1. The second-order valence-corrected chi connectivity index (χ2v) is 7.00. The molecule has 0 heterocycles. The standard InChI is InChI=1S/C14H11ClF2N2O4S/c1-8(11-4-2-9(16)6-13(11)17)18-24(22,23)10-3-5-12(15)14(7-10)19(20)21/h2-8,18H,1H3/t8-/m0/s1. The van der Waals surface area contributed by atoms with Crippen LogP contribution in [0.2, 0.25) is 5.02 Å². The van der Waals surface area contributed by atoms with Crippen molar-refractivity contribution < 1.29 is 22.1 Å². The topological polar surface area (TPSA) is 89.3 Å². The van der Waals surface area contributed by atoms with E-state index in [1.165, 1.54) is 6.92 Å². The molecule has 0 aliphatic rings. The van der Waals surface area contributed by atoms with Crippen molar-refractivity contribution in [2.24, 2.45) is 0 Å². The number of benzene rings is 2. The van der Waals surface area contributed by atoms with E-state index < -0.39 is 43.2 Å². The minimum atomic E-state index is -4.18. The molecule has 2 aromatic carbocycles. The Bertz CT molecular complexity index is 906. The average Bonchev–Trinajstić information content (AvgIpc) is 2.46. The quantitative estimate of drug-likeness (QED) is 0.638. The van der Waals surface area contributed by atoms with Crippen molar-refractivity contribution in [1.82, 2.24) is 4.72 Å². The Kier molecular flexibility index (Phi) is 5.16. The molecule has 2 rings (SSSR count). The second kappa shape index (κ2) is 6.80. The summed E-state index contributed by atoms with van der Waals surface area (Å²) in [6.45, 7) is 1.36. The Balaban J connectivity index is 2.34. The molecule has 1 atom stereocenters. The summed E-state index contributed by atoms with van der Waals surface area (Å²) < 4.78 is 53.4. The summed E-state index contributed by atoms with van der Waals surface area (Å²) in [6.07, 6.45) is 0. The number of nitrogens with one attached hydrogen (secondary N) is 1. The van der Waals surface area contributed by atoms with Crippen molar-refractivity contribution in [3.8, 4) is 0 Å². The number of nitro groups is 1. The van der Waals surface area contributed by atoms with Gasteiger partial charge in [0.1, 0.15) is 16.7 Å². The van der Waals surface area contributed by atoms with E-state index in [9.17, 15) is 27.3 Å². The van der Waals surface area contributed by atoms with Crippen LogP contribution in [0, 0.1) is 21.7 Å². The molecule has 0 aliphatic heterocycles. The molecular formula is C14H11ClF2N2O4S. The summed E-state index contributed by atoms with van der Waals surface area (Å²) in [5.74, 6) is -1.70. The van der Waals surface area contributed by atoms with Crippen molar-refractivity contribution in [3.05, 3.63) is 68.7 Å². The molecule has 128 valence electrons. The lowest BCUT2D eigenvalue weighted by molar-refractivity contribution is -0.384. The van der Waals surface area contributed by atoms with Gasteiger partial charge in [0.25, 0.3) is 5.69 Å². The van der Waals surface area contributed by atoms with Crippen LogP contribution >= 0.6 is 11.6 Å². The number of nitro benzene ring substituents is 1. The number of hydrogen-bond acceptors (Lipinski definition) is 4. The third kappa shape index (κ3) is 3.86. The van der Waals surface area contributed by atoms with Crippen LogP contribution in [0.3, 0.4) is 0 Å². The maximum Gasteiger partial charge on any atom is 0.289 e. The van der Waals surface area contributed by atoms with Crippen LogP contribution in [0.25, 0.3) is 0 Å². The normalized spacial score (nSPS) is 12.8. The van der Waals surface area contributed by atoms with E-state index in [1.54, 1.807) is 0 Å². The van der Waals surface area contributed by atoms with Crippen LogP contribution < -0.4 is 4.72 Å². The number of rotatable bonds is 5. The van der Waals surface area contributed by atoms with Crippen molar-refractivity contribution in [1.29, 1.82) is 0 Å². The molecule has 0 aromatic heterocycles. The third-order valence-corrected chi connectivity index (χ3v) is 5.04. The van der Waals surface area contributed by atoms with Gasteiger partial charge in [-0.25, -0.2) is 21.9 Å². The first-order valence-electron chi connectivity index (χ1n) is 6.53. The minimum absolute atomic E-state index is 0.0663. The number of halogens is 3. The fourth-order valence-corrected chi connectivity index (χ4v) is 3.45. The lowest BCUT2D eigenvalue weighted by Gasteiger charge is -2.15. The van der Waals surface area contributed by atoms with Crippen molar-refractivity contribution >= 4 is 27.3 Å². The molecule has 0 radical (unpaired) electrons. The molecule has 6 nitrogen and oxygen atoms in total. The van der Waals surface area contributed by atoms with Crippen LogP contribution in [0.5, 0.6) is 0 Å². The molecule has 0 amide bonds. The highest BCUT2D eigenvalue weighted by Gasteiger charge is 2.24. The summed E-state index contributed by atoms with van der Waals surface area (Å²) in [6, 6.07) is 4.69. The first-order valence-corrected chi connectivity index (χ1v) is 8.39. The van der Waals surface area contributed by atoms with Gasteiger partial charge in [0.05, 0.1) is 9.82 Å². The summed E-state index contributed by atoms with van der Waals surface area (Å²) >= 11 is 5.64. The monoisotopic (exact) mass is 376 g/mol. The van der Waals surface area contributed by atoms with Crippen molar-refractivity contribution in [2.75, 3.05) is 0 Å². The molecule has 0 saturated carbocycles. The van der Waals surface area contributed by atoms with E-state index in [2.05, 4.69) is 4.72 Å². The van der Waals surface area contributed by atoms with Crippen molar-refractivity contribution in [3.63, 3.8) is 0 Å². The van der Waals surface area contributed by atoms with E-state index >= 15 is 0 Å². The number of hydrogen-bond donors (Lipinski definition) is 1. The molecule has 0 spiro atoms. The van der Waals surface area contributed by atoms with E-state index in [1.807, 2.05) is 0 Å². The molecule has 0 unspecified atom stereocenters. The first kappa shape index (κ1) is 18.2. The molecule has 0 aliphatic carbocycles. The zero-order valence-corrected chi connectivity index (χ0v) is 13.7. The van der Waals surface area contributed by atoms with Crippen LogP contribution in [0.4, 0.5) is 14.5 Å². The van der Waals surface area contributed by atoms with Gasteiger partial charge in [0, 0.05) is 23.7 Å². The van der Waals surface area contributed by atoms with Gasteiger partial charge >= 0.3 is 0 Å². The maximum atomic E-state index is 13.7. The van der Waals surface area contributed by atoms with Gasteiger partial charge < -0.3 is 0 Å². The minimum Gasteiger partial charge on any atom is -0.258 e. The van der Waals surface area contributed by atoms with Crippen molar-refractivity contribution in [2.45, 2.75) is 17.9 Å². The van der Waals surface area contributed by atoms with Gasteiger partial charge in [0.2, 0.25) is 10.0 Å². The van der Waals surface area contributed by atoms with Crippen LogP contribution in [0.15, 0.2) is 41.3 Å². The average molecular weight is 377 g/mol. The molecule has 0 bridgehead atoms. The summed E-state index contributed by atoms with van der Waals surface area (Å²) in [4.78, 5) is 9.63. The van der Waals surface area contributed by atoms with E-state index in [4.69, 9.17) is 11.6 Å². The summed E-state index contributed by atoms with van der Waals surface area (Å²) in [5.41, 5.74) is -0.636. The highest BCUT2D eigenvalue weighted by Crippen LogP contribution is 2.28. The van der Waals surface area contributed by atoms with Crippen LogP contribution in [-0.4, -0.2) is 13.3 Å².